The average molecular weight is 490 g/mol. The van der Waals surface area contributed by atoms with Gasteiger partial charge in [-0.3, -0.25) is 4.90 Å². The van der Waals surface area contributed by atoms with E-state index in [1.165, 1.54) is 12.0 Å². The SMILES string of the molecule is CCOc1ccccc1NC(=O)NC1CC2CCCC(C1)N2Cc1nnnn1CCc1ccccc1. The van der Waals surface area contributed by atoms with Crippen molar-refractivity contribution in [3.05, 3.63) is 66.0 Å². The molecule has 9 heteroatoms. The van der Waals surface area contributed by atoms with E-state index >= 15 is 0 Å². The highest BCUT2D eigenvalue weighted by Crippen LogP contribution is 2.35. The van der Waals surface area contributed by atoms with Gasteiger partial charge >= 0.3 is 6.03 Å². The van der Waals surface area contributed by atoms with E-state index in [1.54, 1.807) is 0 Å². The third-order valence-corrected chi connectivity index (χ3v) is 7.28. The molecule has 2 bridgehead atoms. The first-order valence-corrected chi connectivity index (χ1v) is 13.0. The Morgan fingerprint density at radius 2 is 1.81 bits per heavy atom. The van der Waals surface area contributed by atoms with E-state index < -0.39 is 0 Å². The predicted octanol–water partition coefficient (Wildman–Crippen LogP) is 4.02. The molecule has 2 unspecified atom stereocenters. The van der Waals surface area contributed by atoms with Crippen molar-refractivity contribution in [2.75, 3.05) is 11.9 Å². The van der Waals surface area contributed by atoms with Crippen molar-refractivity contribution < 1.29 is 9.53 Å². The summed E-state index contributed by atoms with van der Waals surface area (Å²) in [6.45, 7) is 4.00. The Morgan fingerprint density at radius 1 is 1.06 bits per heavy atom. The lowest BCUT2D eigenvalue weighted by Crippen LogP contribution is -2.57. The molecule has 2 N–H and O–H groups in total. The van der Waals surface area contributed by atoms with Gasteiger partial charge in [0.15, 0.2) is 5.82 Å². The number of hydrogen-bond acceptors (Lipinski definition) is 6. The molecule has 2 fully saturated rings. The molecule has 0 radical (unpaired) electrons. The van der Waals surface area contributed by atoms with Crippen LogP contribution in [0.4, 0.5) is 10.5 Å². The Bertz CT molecular complexity index is 1120. The number of tetrazole rings is 1. The van der Waals surface area contributed by atoms with Crippen LogP contribution in [-0.2, 0) is 19.5 Å². The molecule has 36 heavy (non-hydrogen) atoms. The zero-order valence-electron chi connectivity index (χ0n) is 20.8. The molecule has 2 atom stereocenters. The van der Waals surface area contributed by atoms with Crippen LogP contribution < -0.4 is 15.4 Å². The minimum Gasteiger partial charge on any atom is -0.492 e. The topological polar surface area (TPSA) is 97.2 Å². The van der Waals surface area contributed by atoms with Gasteiger partial charge in [-0.2, -0.15) is 0 Å². The highest BCUT2D eigenvalue weighted by Gasteiger charge is 2.39. The smallest absolute Gasteiger partial charge is 0.319 e. The van der Waals surface area contributed by atoms with E-state index in [9.17, 15) is 4.79 Å². The first-order chi connectivity index (χ1) is 17.7. The molecule has 2 amide bonds. The zero-order valence-corrected chi connectivity index (χ0v) is 20.8. The molecule has 0 spiro atoms. The Morgan fingerprint density at radius 3 is 2.58 bits per heavy atom. The highest BCUT2D eigenvalue weighted by molar-refractivity contribution is 5.91. The summed E-state index contributed by atoms with van der Waals surface area (Å²) in [6, 6.07) is 18.8. The summed E-state index contributed by atoms with van der Waals surface area (Å²) in [7, 11) is 0. The van der Waals surface area contributed by atoms with Gasteiger partial charge in [-0.25, -0.2) is 9.48 Å². The van der Waals surface area contributed by atoms with Crippen molar-refractivity contribution in [3.8, 4) is 5.75 Å². The molecule has 2 aliphatic rings. The Balaban J connectivity index is 1.18. The molecular weight excluding hydrogens is 454 g/mol. The quantitative estimate of drug-likeness (QED) is 0.471. The maximum Gasteiger partial charge on any atom is 0.319 e. The first-order valence-electron chi connectivity index (χ1n) is 13.0. The first kappa shape index (κ1) is 24.2. The van der Waals surface area contributed by atoms with Crippen LogP contribution in [0.2, 0.25) is 0 Å². The largest absolute Gasteiger partial charge is 0.492 e. The number of ether oxygens (including phenoxy) is 1. The Hall–Kier alpha value is -3.46. The van der Waals surface area contributed by atoms with Crippen molar-refractivity contribution >= 4 is 11.7 Å². The van der Waals surface area contributed by atoms with Crippen molar-refractivity contribution in [2.45, 2.75) is 76.7 Å². The third kappa shape index (κ3) is 5.84. The Kier molecular flexibility index (Phi) is 7.76. The lowest BCUT2D eigenvalue weighted by atomic mass is 9.81. The van der Waals surface area contributed by atoms with Gasteiger partial charge in [-0.15, -0.1) is 5.10 Å². The van der Waals surface area contributed by atoms with Gasteiger partial charge in [0.2, 0.25) is 0 Å². The number of nitrogens with one attached hydrogen (secondary N) is 2. The van der Waals surface area contributed by atoms with Crippen molar-refractivity contribution in [1.82, 2.24) is 30.4 Å². The van der Waals surface area contributed by atoms with Gasteiger partial charge in [0.1, 0.15) is 5.75 Å². The number of nitrogens with zero attached hydrogens (tertiary/aromatic N) is 5. The summed E-state index contributed by atoms with van der Waals surface area (Å²) >= 11 is 0. The molecule has 0 saturated carbocycles. The molecule has 3 aromatic rings. The van der Waals surface area contributed by atoms with Gasteiger partial charge in [0, 0.05) is 24.7 Å². The average Bonchev–Trinajstić information content (AvgIpc) is 3.32. The fraction of sp³-hybridized carbons (Fsp3) is 0.481. The number of anilines is 1. The van der Waals surface area contributed by atoms with E-state index in [0.29, 0.717) is 30.1 Å². The number of carbonyl (C=O) groups excluding carboxylic acids is 1. The summed E-state index contributed by atoms with van der Waals surface area (Å²) in [6.07, 6.45) is 6.26. The summed E-state index contributed by atoms with van der Waals surface area (Å²) in [4.78, 5) is 15.4. The van der Waals surface area contributed by atoms with Gasteiger partial charge < -0.3 is 15.4 Å². The standard InChI is InChI=1S/C27H35N7O2/c1-2-36-25-14-7-6-13-24(25)29-27(35)28-21-17-22-11-8-12-23(18-21)33(22)19-26-30-31-32-34(26)16-15-20-9-4-3-5-10-20/h3-7,9-10,13-14,21-23H,2,8,11-12,15-19H2,1H3,(H2,28,29,35). The van der Waals surface area contributed by atoms with Crippen molar-refractivity contribution in [3.63, 3.8) is 0 Å². The van der Waals surface area contributed by atoms with Gasteiger partial charge in [0.05, 0.1) is 18.8 Å². The maximum absolute atomic E-state index is 12.8. The molecule has 190 valence electrons. The molecule has 3 heterocycles. The van der Waals surface area contributed by atoms with Crippen LogP contribution >= 0.6 is 0 Å². The molecule has 0 aliphatic carbocycles. The number of benzene rings is 2. The fourth-order valence-corrected chi connectivity index (χ4v) is 5.60. The van der Waals surface area contributed by atoms with Crippen molar-refractivity contribution in [1.29, 1.82) is 0 Å². The number of urea groups is 1. The van der Waals surface area contributed by atoms with E-state index in [4.69, 9.17) is 4.74 Å². The number of amides is 2. The van der Waals surface area contributed by atoms with Crippen LogP contribution in [0.3, 0.4) is 0 Å². The number of carbonyl (C=O) groups is 1. The monoisotopic (exact) mass is 489 g/mol. The summed E-state index contributed by atoms with van der Waals surface area (Å²) in [5.74, 6) is 1.60. The number of hydrogen-bond donors (Lipinski definition) is 2. The van der Waals surface area contributed by atoms with Crippen LogP contribution in [0, 0.1) is 0 Å². The fourth-order valence-electron chi connectivity index (χ4n) is 5.60. The van der Waals surface area contributed by atoms with Crippen LogP contribution in [0.15, 0.2) is 54.6 Å². The van der Waals surface area contributed by atoms with Crippen LogP contribution in [-0.4, -0.2) is 55.9 Å². The van der Waals surface area contributed by atoms with Gasteiger partial charge in [-0.05, 0) is 67.2 Å². The van der Waals surface area contributed by atoms with Crippen molar-refractivity contribution in [2.24, 2.45) is 0 Å². The highest BCUT2D eigenvalue weighted by atomic mass is 16.5. The second-order valence-corrected chi connectivity index (χ2v) is 9.66. The molecule has 2 aromatic carbocycles. The van der Waals surface area contributed by atoms with E-state index in [0.717, 1.165) is 51.0 Å². The van der Waals surface area contributed by atoms with Crippen LogP contribution in [0.1, 0.15) is 50.4 Å². The van der Waals surface area contributed by atoms with E-state index in [2.05, 4.69) is 55.3 Å². The maximum atomic E-state index is 12.8. The van der Waals surface area contributed by atoms with E-state index in [-0.39, 0.29) is 12.1 Å². The number of aromatic nitrogens is 4. The third-order valence-electron chi connectivity index (χ3n) is 7.28. The number of piperidine rings is 2. The minimum absolute atomic E-state index is 0.143. The number of rotatable bonds is 9. The summed E-state index contributed by atoms with van der Waals surface area (Å²) < 4.78 is 7.58. The summed E-state index contributed by atoms with van der Waals surface area (Å²) in [5.41, 5.74) is 1.97. The summed E-state index contributed by atoms with van der Waals surface area (Å²) in [5, 5.41) is 18.8. The normalized spacial score (nSPS) is 21.6. The molecule has 2 saturated heterocycles. The number of para-hydroxylation sites is 2. The van der Waals surface area contributed by atoms with Crippen LogP contribution in [0.5, 0.6) is 5.75 Å². The lowest BCUT2D eigenvalue weighted by molar-refractivity contribution is 0.0169. The van der Waals surface area contributed by atoms with Gasteiger partial charge in [-0.1, -0.05) is 48.9 Å². The molecule has 9 nitrogen and oxygen atoms in total. The molecule has 2 aliphatic heterocycles. The second kappa shape index (κ2) is 11.5. The number of aryl methyl sites for hydroxylation is 2. The lowest BCUT2D eigenvalue weighted by Gasteiger charge is -2.48. The number of fused-ring (bicyclic) bond motifs is 2. The molecule has 1 aromatic heterocycles. The van der Waals surface area contributed by atoms with E-state index in [1.807, 2.05) is 41.9 Å². The molecule has 5 rings (SSSR count). The molecular formula is C27H35N7O2. The van der Waals surface area contributed by atoms with Crippen LogP contribution in [0.25, 0.3) is 0 Å². The Labute approximate surface area is 212 Å². The second-order valence-electron chi connectivity index (χ2n) is 9.66. The minimum atomic E-state index is -0.177. The zero-order chi connectivity index (χ0) is 24.7. The predicted molar refractivity (Wildman–Crippen MR) is 138 cm³/mol. The van der Waals surface area contributed by atoms with Gasteiger partial charge in [0.25, 0.3) is 0 Å².